The molecule has 17 heavy (non-hydrogen) atoms. The second-order valence-corrected chi connectivity index (χ2v) is 5.51. The first-order chi connectivity index (χ1) is 8.19. The first-order valence-electron chi connectivity index (χ1n) is 6.65. The summed E-state index contributed by atoms with van der Waals surface area (Å²) in [6.45, 7) is 4.39. The topological polar surface area (TPSA) is 23.8 Å². The molecule has 0 spiro atoms. The van der Waals surface area contributed by atoms with E-state index in [9.17, 15) is 5.26 Å². The summed E-state index contributed by atoms with van der Waals surface area (Å²) in [4.78, 5) is 0. The van der Waals surface area contributed by atoms with Crippen LogP contribution in [0.2, 0.25) is 0 Å². The maximum Gasteiger partial charge on any atom is 0.0693 e. The van der Waals surface area contributed by atoms with Crippen molar-refractivity contribution in [2.24, 2.45) is 11.3 Å². The van der Waals surface area contributed by atoms with Crippen LogP contribution in [-0.4, -0.2) is 0 Å². The van der Waals surface area contributed by atoms with Gasteiger partial charge in [0.1, 0.15) is 0 Å². The number of hydrogen-bond donors (Lipinski definition) is 0. The third-order valence-electron chi connectivity index (χ3n) is 4.32. The van der Waals surface area contributed by atoms with Crippen molar-refractivity contribution in [2.75, 3.05) is 0 Å². The van der Waals surface area contributed by atoms with Gasteiger partial charge in [0.25, 0.3) is 0 Å². The van der Waals surface area contributed by atoms with Gasteiger partial charge in [-0.2, -0.15) is 5.26 Å². The predicted octanol–water partition coefficient (Wildman–Crippen LogP) is 4.26. The predicted molar refractivity (Wildman–Crippen MR) is 70.6 cm³/mol. The number of benzene rings is 1. The average Bonchev–Trinajstić information content (AvgIpc) is 2.76. The normalized spacial score (nSPS) is 27.9. The van der Waals surface area contributed by atoms with Crippen LogP contribution in [0.15, 0.2) is 24.3 Å². The minimum absolute atomic E-state index is 0.0905. The van der Waals surface area contributed by atoms with Crippen molar-refractivity contribution in [3.8, 4) is 6.07 Å². The lowest BCUT2D eigenvalue weighted by atomic mass is 9.79. The maximum atomic E-state index is 9.53. The van der Waals surface area contributed by atoms with Gasteiger partial charge in [-0.3, -0.25) is 0 Å². The molecular weight excluding hydrogens is 206 g/mol. The van der Waals surface area contributed by atoms with E-state index in [1.165, 1.54) is 24.0 Å². The van der Waals surface area contributed by atoms with Gasteiger partial charge in [0.15, 0.2) is 0 Å². The van der Waals surface area contributed by atoms with E-state index in [2.05, 4.69) is 44.2 Å². The summed E-state index contributed by atoms with van der Waals surface area (Å²) < 4.78 is 0. The zero-order valence-corrected chi connectivity index (χ0v) is 10.9. The molecule has 0 aromatic heterocycles. The molecule has 1 heteroatoms. The molecule has 2 atom stereocenters. The summed E-state index contributed by atoms with van der Waals surface area (Å²) in [6, 6.07) is 11.1. The molecule has 0 saturated heterocycles. The molecule has 2 rings (SSSR count). The molecule has 0 heterocycles. The lowest BCUT2D eigenvalue weighted by Crippen LogP contribution is -2.18. The summed E-state index contributed by atoms with van der Waals surface area (Å²) in [5.74, 6) is 0.763. The molecule has 1 aliphatic rings. The largest absolute Gasteiger partial charge is 0.198 e. The zero-order chi connectivity index (χ0) is 12.3. The average molecular weight is 227 g/mol. The Hall–Kier alpha value is -1.29. The highest BCUT2D eigenvalue weighted by molar-refractivity contribution is 5.28. The molecule has 0 N–H and O–H groups in total. The van der Waals surface area contributed by atoms with E-state index in [4.69, 9.17) is 0 Å². The summed E-state index contributed by atoms with van der Waals surface area (Å²) >= 11 is 0. The van der Waals surface area contributed by atoms with E-state index in [1.807, 2.05) is 0 Å². The van der Waals surface area contributed by atoms with Crippen LogP contribution in [0.3, 0.4) is 0 Å². The monoisotopic (exact) mass is 227 g/mol. The number of hydrogen-bond acceptors (Lipinski definition) is 1. The van der Waals surface area contributed by atoms with Crippen LogP contribution < -0.4 is 0 Å². The van der Waals surface area contributed by atoms with Gasteiger partial charge in [0.2, 0.25) is 0 Å². The molecule has 0 radical (unpaired) electrons. The Labute approximate surface area is 104 Å². The Balaban J connectivity index is 2.17. The molecule has 0 bridgehead atoms. The summed E-state index contributed by atoms with van der Waals surface area (Å²) in [7, 11) is 0. The zero-order valence-electron chi connectivity index (χ0n) is 10.9. The van der Waals surface area contributed by atoms with E-state index < -0.39 is 0 Å². The number of aryl methyl sites for hydroxylation is 1. The second kappa shape index (κ2) is 4.92. The quantitative estimate of drug-likeness (QED) is 0.757. The molecule has 1 nitrogen and oxygen atoms in total. The third kappa shape index (κ3) is 2.52. The fourth-order valence-corrected chi connectivity index (χ4v) is 3.06. The number of nitriles is 1. The van der Waals surface area contributed by atoms with Gasteiger partial charge in [-0.1, -0.05) is 37.6 Å². The minimum atomic E-state index is -0.0905. The fraction of sp³-hybridized carbons (Fsp3) is 0.562. The molecule has 1 fully saturated rings. The van der Waals surface area contributed by atoms with E-state index in [0.29, 0.717) is 0 Å². The molecule has 1 saturated carbocycles. The second-order valence-electron chi connectivity index (χ2n) is 5.51. The van der Waals surface area contributed by atoms with Crippen LogP contribution in [0.5, 0.6) is 0 Å². The van der Waals surface area contributed by atoms with Crippen molar-refractivity contribution < 1.29 is 0 Å². The van der Waals surface area contributed by atoms with Crippen molar-refractivity contribution in [1.82, 2.24) is 0 Å². The van der Waals surface area contributed by atoms with Gasteiger partial charge in [-0.05, 0) is 49.7 Å². The van der Waals surface area contributed by atoms with E-state index >= 15 is 0 Å². The van der Waals surface area contributed by atoms with Gasteiger partial charge >= 0.3 is 0 Å². The van der Waals surface area contributed by atoms with E-state index in [0.717, 1.165) is 25.2 Å². The molecule has 0 aliphatic heterocycles. The maximum absolute atomic E-state index is 9.53. The van der Waals surface area contributed by atoms with Crippen molar-refractivity contribution >= 4 is 0 Å². The minimum Gasteiger partial charge on any atom is -0.198 e. The van der Waals surface area contributed by atoms with Gasteiger partial charge < -0.3 is 0 Å². The summed E-state index contributed by atoms with van der Waals surface area (Å²) in [6.07, 6.45) is 5.56. The van der Waals surface area contributed by atoms with Crippen molar-refractivity contribution in [2.45, 2.75) is 46.0 Å². The Morgan fingerprint density at radius 1 is 1.41 bits per heavy atom. The number of nitrogens with zero attached hydrogens (tertiary/aromatic N) is 1. The first kappa shape index (κ1) is 12.2. The Morgan fingerprint density at radius 2 is 2.18 bits per heavy atom. The van der Waals surface area contributed by atoms with Gasteiger partial charge in [-0.25, -0.2) is 0 Å². The van der Waals surface area contributed by atoms with E-state index in [-0.39, 0.29) is 5.41 Å². The number of rotatable bonds is 3. The van der Waals surface area contributed by atoms with Crippen LogP contribution in [0.25, 0.3) is 0 Å². The smallest absolute Gasteiger partial charge is 0.0693 e. The van der Waals surface area contributed by atoms with Crippen molar-refractivity contribution in [3.05, 3.63) is 35.4 Å². The molecule has 90 valence electrons. The highest BCUT2D eigenvalue weighted by atomic mass is 14.4. The molecule has 1 aromatic carbocycles. The fourth-order valence-electron chi connectivity index (χ4n) is 3.06. The highest BCUT2D eigenvalue weighted by Gasteiger charge is 2.38. The SMILES string of the molecule is CCC1CCC(C#N)(Cc2ccccc2C)C1. The Kier molecular flexibility index (Phi) is 3.52. The molecule has 2 unspecified atom stereocenters. The van der Waals surface area contributed by atoms with Gasteiger partial charge in [0, 0.05) is 0 Å². The van der Waals surface area contributed by atoms with E-state index in [1.54, 1.807) is 0 Å². The Morgan fingerprint density at radius 3 is 2.76 bits per heavy atom. The third-order valence-corrected chi connectivity index (χ3v) is 4.32. The lowest BCUT2D eigenvalue weighted by Gasteiger charge is -2.22. The van der Waals surface area contributed by atoms with Crippen LogP contribution in [0, 0.1) is 29.6 Å². The first-order valence-corrected chi connectivity index (χ1v) is 6.65. The van der Waals surface area contributed by atoms with Crippen molar-refractivity contribution in [1.29, 1.82) is 5.26 Å². The summed E-state index contributed by atoms with van der Waals surface area (Å²) in [5, 5.41) is 9.53. The van der Waals surface area contributed by atoms with Crippen LogP contribution in [0.1, 0.15) is 43.7 Å². The molecule has 1 aliphatic carbocycles. The van der Waals surface area contributed by atoms with Crippen LogP contribution in [0.4, 0.5) is 0 Å². The summed E-state index contributed by atoms with van der Waals surface area (Å²) in [5.41, 5.74) is 2.58. The van der Waals surface area contributed by atoms with Crippen LogP contribution in [-0.2, 0) is 6.42 Å². The molecular formula is C16H21N. The highest BCUT2D eigenvalue weighted by Crippen LogP contribution is 2.45. The van der Waals surface area contributed by atoms with Gasteiger partial charge in [0.05, 0.1) is 11.5 Å². The lowest BCUT2D eigenvalue weighted by molar-refractivity contribution is 0.380. The molecule has 0 amide bonds. The Bertz CT molecular complexity index is 429. The van der Waals surface area contributed by atoms with Crippen molar-refractivity contribution in [3.63, 3.8) is 0 Å². The van der Waals surface area contributed by atoms with Gasteiger partial charge in [-0.15, -0.1) is 0 Å². The standard InChI is InChI=1S/C16H21N/c1-3-14-8-9-16(10-14,12-17)11-15-7-5-4-6-13(15)2/h4-7,14H,3,8-11H2,1-2H3. The van der Waals surface area contributed by atoms with Crippen LogP contribution >= 0.6 is 0 Å². The molecule has 1 aromatic rings.